The van der Waals surface area contributed by atoms with Crippen molar-refractivity contribution in [2.75, 3.05) is 0 Å². The number of carbonyl (C=O) groups is 1. The van der Waals surface area contributed by atoms with Crippen LogP contribution in [0.2, 0.25) is 0 Å². The molecule has 0 aromatic rings. The number of carboxylic acids is 1. The number of hydrogen-bond acceptors (Lipinski definition) is 2. The van der Waals surface area contributed by atoms with Gasteiger partial charge < -0.3 is 10.2 Å². The molecule has 0 amide bonds. The van der Waals surface area contributed by atoms with Gasteiger partial charge in [0.2, 0.25) is 0 Å². The molecule has 0 bridgehead atoms. The van der Waals surface area contributed by atoms with Crippen molar-refractivity contribution >= 4 is 5.97 Å². The molecule has 5 aliphatic carbocycles. The minimum Gasteiger partial charge on any atom is -0.481 e. The summed E-state index contributed by atoms with van der Waals surface area (Å²) in [6.07, 6.45) is 11.9. The molecular formula is C30H48O3. The monoisotopic (exact) mass is 456 g/mol. The summed E-state index contributed by atoms with van der Waals surface area (Å²) in [5, 5.41) is 21.4. The minimum absolute atomic E-state index is 0.0127. The fourth-order valence-corrected chi connectivity index (χ4v) is 11.2. The fourth-order valence-electron chi connectivity index (χ4n) is 11.2. The molecule has 5 fully saturated rings. The highest BCUT2D eigenvalue weighted by molar-refractivity contribution is 5.76. The van der Waals surface area contributed by atoms with Gasteiger partial charge >= 0.3 is 5.97 Å². The van der Waals surface area contributed by atoms with Crippen LogP contribution in [0.4, 0.5) is 0 Å². The van der Waals surface area contributed by atoms with Crippen molar-refractivity contribution in [2.24, 2.45) is 57.2 Å². The quantitative estimate of drug-likeness (QED) is 0.436. The van der Waals surface area contributed by atoms with Crippen LogP contribution in [-0.2, 0) is 4.79 Å². The second kappa shape index (κ2) is 7.58. The molecule has 33 heavy (non-hydrogen) atoms. The Kier molecular flexibility index (Phi) is 5.49. The number of allylic oxidation sites excluding steroid dienone is 1. The normalized spacial score (nSPS) is 53.1. The molecule has 0 aromatic carbocycles. The maximum atomic E-state index is 12.7. The van der Waals surface area contributed by atoms with Gasteiger partial charge in [0.15, 0.2) is 0 Å². The van der Waals surface area contributed by atoms with Gasteiger partial charge in [-0.3, -0.25) is 4.79 Å². The number of fused-ring (bicyclic) bond motifs is 7. The molecule has 0 unspecified atom stereocenters. The molecule has 0 heterocycles. The Labute approximate surface area is 201 Å². The highest BCUT2D eigenvalue weighted by Crippen LogP contribution is 2.72. The van der Waals surface area contributed by atoms with Gasteiger partial charge in [0.1, 0.15) is 0 Å². The standard InChI is InChI=1S/C30H48O3/c1-18(2)19-12-15-30(26(32)33)17-16-28(5)20-8-7-9-23-27(3,4)24(31)13-14-29(23,6)21(20)10-11-22(28)25(19)30/h19-25,31H,1,7-17H2,2-6H3,(H,32,33)/t19-,20-,21-,22+,23-,24-,25+,28-,29+,30-/m0/s1. The first kappa shape index (κ1) is 23.9. The van der Waals surface area contributed by atoms with Crippen LogP contribution in [-0.4, -0.2) is 22.3 Å². The van der Waals surface area contributed by atoms with Crippen LogP contribution in [0.1, 0.15) is 105 Å². The number of aliphatic carboxylic acids is 1. The molecule has 0 aromatic heterocycles. The summed E-state index contributed by atoms with van der Waals surface area (Å²) in [4.78, 5) is 12.7. The Morgan fingerprint density at radius 3 is 2.15 bits per heavy atom. The van der Waals surface area contributed by atoms with Crippen molar-refractivity contribution < 1.29 is 15.0 Å². The summed E-state index contributed by atoms with van der Waals surface area (Å²) in [6, 6.07) is 0. The summed E-state index contributed by atoms with van der Waals surface area (Å²) in [7, 11) is 0. The second-order valence-corrected chi connectivity index (χ2v) is 14.2. The highest BCUT2D eigenvalue weighted by atomic mass is 16.4. The molecule has 0 spiro atoms. The van der Waals surface area contributed by atoms with Crippen LogP contribution in [0.3, 0.4) is 0 Å². The number of aliphatic hydroxyl groups excluding tert-OH is 1. The summed E-state index contributed by atoms with van der Waals surface area (Å²) in [5.41, 5.74) is 1.21. The van der Waals surface area contributed by atoms with E-state index in [9.17, 15) is 15.0 Å². The van der Waals surface area contributed by atoms with Crippen molar-refractivity contribution in [1.82, 2.24) is 0 Å². The number of rotatable bonds is 2. The van der Waals surface area contributed by atoms with Crippen molar-refractivity contribution in [2.45, 2.75) is 111 Å². The molecule has 0 radical (unpaired) electrons. The lowest BCUT2D eigenvalue weighted by atomic mass is 9.40. The van der Waals surface area contributed by atoms with Gasteiger partial charge in [-0.15, -0.1) is 0 Å². The number of hydrogen-bond donors (Lipinski definition) is 2. The van der Waals surface area contributed by atoms with Gasteiger partial charge in [-0.2, -0.15) is 0 Å². The fraction of sp³-hybridized carbons (Fsp3) is 0.900. The SMILES string of the molecule is C=C(C)[C@@H]1CC[C@]2(C(=O)O)CC[C@]3(C)[C@H](CC[C@H]4[C@@H]3CCC[C@H]3C(C)(C)[C@@H](O)CC[C@]43C)[C@@H]12. The molecule has 5 rings (SSSR count). The second-order valence-electron chi connectivity index (χ2n) is 14.2. The zero-order valence-corrected chi connectivity index (χ0v) is 21.8. The van der Waals surface area contributed by atoms with Gasteiger partial charge in [-0.05, 0) is 123 Å². The lowest BCUT2D eigenvalue weighted by Crippen LogP contribution is -2.60. The number of carboxylic acid groups (broad SMARTS) is 1. The van der Waals surface area contributed by atoms with Gasteiger partial charge in [0, 0.05) is 0 Å². The van der Waals surface area contributed by atoms with E-state index in [0.29, 0.717) is 35.0 Å². The van der Waals surface area contributed by atoms with Crippen LogP contribution in [0, 0.1) is 57.2 Å². The predicted molar refractivity (Wildman–Crippen MR) is 133 cm³/mol. The Bertz CT molecular complexity index is 830. The molecule has 5 aliphatic rings. The third-order valence-corrected chi connectivity index (χ3v) is 12.9. The lowest BCUT2D eigenvalue weighted by molar-refractivity contribution is -0.185. The van der Waals surface area contributed by atoms with E-state index >= 15 is 0 Å². The zero-order chi connectivity index (χ0) is 24.0. The van der Waals surface area contributed by atoms with Crippen LogP contribution < -0.4 is 0 Å². The van der Waals surface area contributed by atoms with Gasteiger partial charge in [-0.25, -0.2) is 0 Å². The van der Waals surface area contributed by atoms with E-state index in [2.05, 4.69) is 41.2 Å². The van der Waals surface area contributed by atoms with Crippen molar-refractivity contribution in [3.63, 3.8) is 0 Å². The third-order valence-electron chi connectivity index (χ3n) is 12.9. The van der Waals surface area contributed by atoms with E-state index in [1.54, 1.807) is 0 Å². The van der Waals surface area contributed by atoms with E-state index < -0.39 is 11.4 Å². The van der Waals surface area contributed by atoms with E-state index in [1.807, 2.05) is 0 Å². The molecule has 0 aliphatic heterocycles. The summed E-state index contributed by atoms with van der Waals surface area (Å²) in [5.74, 6) is 2.60. The van der Waals surface area contributed by atoms with E-state index in [4.69, 9.17) is 0 Å². The van der Waals surface area contributed by atoms with Crippen molar-refractivity contribution in [1.29, 1.82) is 0 Å². The molecule has 5 saturated carbocycles. The van der Waals surface area contributed by atoms with Gasteiger partial charge in [0.25, 0.3) is 0 Å². The molecular weight excluding hydrogens is 408 g/mol. The maximum absolute atomic E-state index is 12.7. The minimum atomic E-state index is -0.531. The van der Waals surface area contributed by atoms with Gasteiger partial charge in [-0.1, -0.05) is 46.3 Å². The Hall–Kier alpha value is -0.830. The van der Waals surface area contributed by atoms with E-state index in [1.165, 1.54) is 37.7 Å². The van der Waals surface area contributed by atoms with Crippen molar-refractivity contribution in [3.05, 3.63) is 12.2 Å². The summed E-state index contributed by atoms with van der Waals surface area (Å²) >= 11 is 0. The average Bonchev–Trinajstić information content (AvgIpc) is 3.07. The lowest BCUT2D eigenvalue weighted by Gasteiger charge is -2.64. The highest BCUT2D eigenvalue weighted by Gasteiger charge is 2.67. The van der Waals surface area contributed by atoms with Crippen LogP contribution in [0.15, 0.2) is 12.2 Å². The predicted octanol–water partition coefficient (Wildman–Crippen LogP) is 7.09. The van der Waals surface area contributed by atoms with E-state index in [-0.39, 0.29) is 22.9 Å². The largest absolute Gasteiger partial charge is 0.481 e. The van der Waals surface area contributed by atoms with Crippen LogP contribution >= 0.6 is 0 Å². The topological polar surface area (TPSA) is 57.5 Å². The smallest absolute Gasteiger partial charge is 0.309 e. The third kappa shape index (κ3) is 3.06. The van der Waals surface area contributed by atoms with Crippen molar-refractivity contribution in [3.8, 4) is 0 Å². The van der Waals surface area contributed by atoms with Crippen LogP contribution in [0.25, 0.3) is 0 Å². The number of aliphatic hydroxyl groups is 1. The molecule has 0 saturated heterocycles. The molecule has 186 valence electrons. The average molecular weight is 457 g/mol. The van der Waals surface area contributed by atoms with Gasteiger partial charge in [0.05, 0.1) is 11.5 Å². The summed E-state index contributed by atoms with van der Waals surface area (Å²) in [6.45, 7) is 16.3. The Balaban J connectivity index is 1.54. The Morgan fingerprint density at radius 1 is 0.818 bits per heavy atom. The first-order valence-corrected chi connectivity index (χ1v) is 14.0. The van der Waals surface area contributed by atoms with E-state index in [0.717, 1.165) is 38.5 Å². The zero-order valence-electron chi connectivity index (χ0n) is 21.8. The molecule has 2 N–H and O–H groups in total. The Morgan fingerprint density at radius 2 is 1.48 bits per heavy atom. The maximum Gasteiger partial charge on any atom is 0.309 e. The summed E-state index contributed by atoms with van der Waals surface area (Å²) < 4.78 is 0. The molecule has 10 atom stereocenters. The first-order chi connectivity index (χ1) is 15.4. The van der Waals surface area contributed by atoms with Crippen LogP contribution in [0.5, 0.6) is 0 Å². The molecule has 3 nitrogen and oxygen atoms in total. The molecule has 3 heteroatoms. The first-order valence-electron chi connectivity index (χ1n) is 14.0.